The lowest BCUT2D eigenvalue weighted by Gasteiger charge is -2.57. The highest BCUT2D eigenvalue weighted by molar-refractivity contribution is 5.66. The van der Waals surface area contributed by atoms with Crippen molar-refractivity contribution in [3.8, 4) is 0 Å². The van der Waals surface area contributed by atoms with Crippen molar-refractivity contribution in [1.82, 2.24) is 0 Å². The lowest BCUT2D eigenvalue weighted by Crippen LogP contribution is -2.52. The molecule has 0 heterocycles. The van der Waals surface area contributed by atoms with Gasteiger partial charge in [-0.05, 0) is 68.1 Å². The standard InChI is InChI=1S/C20H34O3/c1-13(12-18(22)23)6-8-15-14(2)7-9-16-19(3,4)17(21)10-11-20(15,16)5/h13,16-17,21H,6-12H2,1-5H3,(H,22,23)/t13?,16-,17-,20+/m1/s1. The Morgan fingerprint density at radius 3 is 2.57 bits per heavy atom. The summed E-state index contributed by atoms with van der Waals surface area (Å²) in [5, 5.41) is 19.4. The first-order valence-electron chi connectivity index (χ1n) is 9.18. The topological polar surface area (TPSA) is 57.5 Å². The van der Waals surface area contributed by atoms with E-state index in [1.807, 2.05) is 6.92 Å². The normalized spacial score (nSPS) is 34.9. The molecule has 0 aliphatic heterocycles. The number of hydrogen-bond donors (Lipinski definition) is 2. The van der Waals surface area contributed by atoms with Crippen LogP contribution < -0.4 is 0 Å². The van der Waals surface area contributed by atoms with E-state index in [2.05, 4.69) is 27.7 Å². The number of carbonyl (C=O) groups is 1. The van der Waals surface area contributed by atoms with Crippen molar-refractivity contribution < 1.29 is 15.0 Å². The minimum absolute atomic E-state index is 0.0361. The summed E-state index contributed by atoms with van der Waals surface area (Å²) in [5.74, 6) is 0.0454. The third kappa shape index (κ3) is 3.50. The van der Waals surface area contributed by atoms with Crippen molar-refractivity contribution in [3.63, 3.8) is 0 Å². The predicted molar refractivity (Wildman–Crippen MR) is 93.2 cm³/mol. The Morgan fingerprint density at radius 2 is 1.96 bits per heavy atom. The van der Waals surface area contributed by atoms with Gasteiger partial charge in [0.1, 0.15) is 0 Å². The Morgan fingerprint density at radius 1 is 1.30 bits per heavy atom. The number of aliphatic hydroxyl groups is 1. The van der Waals surface area contributed by atoms with Crippen LogP contribution in [0.2, 0.25) is 0 Å². The SMILES string of the molecule is CC1=C(CCC(C)CC(=O)O)[C@]2(C)CC[C@@H](O)C(C)(C)[C@H]2CC1. The van der Waals surface area contributed by atoms with Crippen molar-refractivity contribution in [1.29, 1.82) is 0 Å². The molecule has 2 rings (SSSR count). The van der Waals surface area contributed by atoms with Crippen molar-refractivity contribution in [3.05, 3.63) is 11.1 Å². The molecule has 0 bridgehead atoms. The van der Waals surface area contributed by atoms with Crippen LogP contribution in [-0.4, -0.2) is 22.3 Å². The highest BCUT2D eigenvalue weighted by Gasteiger charge is 2.53. The molecule has 0 aromatic heterocycles. The van der Waals surface area contributed by atoms with Crippen LogP contribution in [0.4, 0.5) is 0 Å². The predicted octanol–water partition coefficient (Wildman–Crippen LogP) is 4.79. The Labute approximate surface area is 141 Å². The molecule has 132 valence electrons. The second-order valence-corrected chi connectivity index (χ2v) is 8.89. The van der Waals surface area contributed by atoms with E-state index in [0.29, 0.717) is 5.92 Å². The molecular formula is C20H34O3. The van der Waals surface area contributed by atoms with E-state index in [0.717, 1.165) is 32.1 Å². The zero-order valence-electron chi connectivity index (χ0n) is 15.5. The molecule has 23 heavy (non-hydrogen) atoms. The maximum absolute atomic E-state index is 10.9. The van der Waals surface area contributed by atoms with Crippen molar-refractivity contribution in [2.45, 2.75) is 85.7 Å². The van der Waals surface area contributed by atoms with Gasteiger partial charge in [0.15, 0.2) is 0 Å². The summed E-state index contributed by atoms with van der Waals surface area (Å²) in [6.45, 7) is 11.2. The van der Waals surface area contributed by atoms with E-state index < -0.39 is 5.97 Å². The minimum atomic E-state index is -0.696. The summed E-state index contributed by atoms with van der Waals surface area (Å²) in [7, 11) is 0. The van der Waals surface area contributed by atoms with Crippen LogP contribution in [0.1, 0.15) is 79.6 Å². The van der Waals surface area contributed by atoms with Gasteiger partial charge in [-0.3, -0.25) is 4.79 Å². The molecule has 0 aromatic rings. The number of aliphatic carboxylic acids is 1. The second-order valence-electron chi connectivity index (χ2n) is 8.89. The zero-order chi connectivity index (χ0) is 17.4. The quantitative estimate of drug-likeness (QED) is 0.715. The molecule has 4 atom stereocenters. The van der Waals surface area contributed by atoms with Crippen LogP contribution in [0.25, 0.3) is 0 Å². The molecule has 2 N–H and O–H groups in total. The molecule has 1 fully saturated rings. The Bertz CT molecular complexity index is 491. The third-order valence-corrected chi connectivity index (χ3v) is 6.89. The molecule has 0 spiro atoms. The van der Waals surface area contributed by atoms with E-state index in [9.17, 15) is 9.90 Å². The highest BCUT2D eigenvalue weighted by atomic mass is 16.4. The Hall–Kier alpha value is -0.830. The van der Waals surface area contributed by atoms with Crippen molar-refractivity contribution in [2.75, 3.05) is 0 Å². The van der Waals surface area contributed by atoms with Gasteiger partial charge in [-0.1, -0.05) is 38.8 Å². The van der Waals surface area contributed by atoms with Crippen LogP contribution in [0, 0.1) is 22.7 Å². The monoisotopic (exact) mass is 322 g/mol. The first-order chi connectivity index (χ1) is 10.6. The van der Waals surface area contributed by atoms with Gasteiger partial charge in [0.2, 0.25) is 0 Å². The first-order valence-corrected chi connectivity index (χ1v) is 9.18. The molecule has 1 saturated carbocycles. The summed E-state index contributed by atoms with van der Waals surface area (Å²) in [5.41, 5.74) is 3.21. The van der Waals surface area contributed by atoms with E-state index in [-0.39, 0.29) is 29.3 Å². The molecule has 1 unspecified atom stereocenters. The van der Waals surface area contributed by atoms with Gasteiger partial charge in [0.05, 0.1) is 6.10 Å². The van der Waals surface area contributed by atoms with Gasteiger partial charge in [0, 0.05) is 6.42 Å². The smallest absolute Gasteiger partial charge is 0.303 e. The van der Waals surface area contributed by atoms with Gasteiger partial charge in [-0.15, -0.1) is 0 Å². The molecule has 3 nitrogen and oxygen atoms in total. The number of rotatable bonds is 5. The van der Waals surface area contributed by atoms with Crippen molar-refractivity contribution in [2.24, 2.45) is 22.7 Å². The Kier molecular flexibility index (Phi) is 5.30. The first kappa shape index (κ1) is 18.5. The number of aliphatic hydroxyl groups excluding tert-OH is 1. The summed E-state index contributed by atoms with van der Waals surface area (Å²) >= 11 is 0. The van der Waals surface area contributed by atoms with Crippen LogP contribution >= 0.6 is 0 Å². The molecule has 0 saturated heterocycles. The molecule has 0 amide bonds. The summed E-state index contributed by atoms with van der Waals surface area (Å²) in [4.78, 5) is 10.9. The minimum Gasteiger partial charge on any atom is -0.481 e. The molecule has 3 heteroatoms. The fourth-order valence-electron chi connectivity index (χ4n) is 5.38. The average Bonchev–Trinajstić information content (AvgIpc) is 2.42. The van der Waals surface area contributed by atoms with Gasteiger partial charge in [-0.25, -0.2) is 0 Å². The molecule has 2 aliphatic rings. The Balaban J connectivity index is 2.19. The largest absolute Gasteiger partial charge is 0.481 e. The fourth-order valence-corrected chi connectivity index (χ4v) is 5.38. The zero-order valence-corrected chi connectivity index (χ0v) is 15.5. The molecule has 2 aliphatic carbocycles. The number of carboxylic acid groups (broad SMARTS) is 1. The van der Waals surface area contributed by atoms with Gasteiger partial charge in [0.25, 0.3) is 0 Å². The number of allylic oxidation sites excluding steroid dienone is 2. The van der Waals surface area contributed by atoms with E-state index in [1.54, 1.807) is 5.57 Å². The van der Waals surface area contributed by atoms with E-state index >= 15 is 0 Å². The van der Waals surface area contributed by atoms with Gasteiger partial charge < -0.3 is 10.2 Å². The maximum Gasteiger partial charge on any atom is 0.303 e. The summed E-state index contributed by atoms with van der Waals surface area (Å²) < 4.78 is 0. The van der Waals surface area contributed by atoms with Crippen LogP contribution in [0.5, 0.6) is 0 Å². The maximum atomic E-state index is 10.9. The molecule has 0 aromatic carbocycles. The van der Waals surface area contributed by atoms with Crippen LogP contribution in [0.3, 0.4) is 0 Å². The summed E-state index contributed by atoms with van der Waals surface area (Å²) in [6, 6.07) is 0. The highest BCUT2D eigenvalue weighted by Crippen LogP contribution is 2.60. The third-order valence-electron chi connectivity index (χ3n) is 6.89. The van der Waals surface area contributed by atoms with Crippen LogP contribution in [0.15, 0.2) is 11.1 Å². The van der Waals surface area contributed by atoms with Gasteiger partial charge in [-0.2, -0.15) is 0 Å². The molecular weight excluding hydrogens is 288 g/mol. The molecule has 0 radical (unpaired) electrons. The van der Waals surface area contributed by atoms with Crippen LogP contribution in [-0.2, 0) is 4.79 Å². The average molecular weight is 322 g/mol. The summed E-state index contributed by atoms with van der Waals surface area (Å²) in [6.07, 6.45) is 6.25. The lowest BCUT2D eigenvalue weighted by atomic mass is 9.49. The number of carboxylic acids is 1. The van der Waals surface area contributed by atoms with E-state index in [1.165, 1.54) is 12.0 Å². The number of hydrogen-bond acceptors (Lipinski definition) is 2. The fraction of sp³-hybridized carbons (Fsp3) is 0.850. The lowest BCUT2D eigenvalue weighted by molar-refractivity contribution is -0.138. The van der Waals surface area contributed by atoms with Crippen molar-refractivity contribution >= 4 is 5.97 Å². The van der Waals surface area contributed by atoms with E-state index in [4.69, 9.17) is 5.11 Å². The number of fused-ring (bicyclic) bond motifs is 1. The second kappa shape index (κ2) is 6.58. The van der Waals surface area contributed by atoms with Gasteiger partial charge >= 0.3 is 5.97 Å².